The molecule has 108 valence electrons. The first-order valence-corrected chi connectivity index (χ1v) is 6.30. The number of imidazole rings is 1. The summed E-state index contributed by atoms with van der Waals surface area (Å²) in [5.74, 6) is -0.0397. The maximum atomic E-state index is 11.7. The lowest BCUT2D eigenvalue weighted by Crippen LogP contribution is -2.34. The number of nitrogens with two attached hydrogens (primary N) is 1. The predicted octanol–water partition coefficient (Wildman–Crippen LogP) is -1.40. The maximum Gasteiger partial charge on any atom is 0.280 e. The van der Waals surface area contributed by atoms with Crippen LogP contribution in [0.2, 0.25) is 0 Å². The first-order valence-electron chi connectivity index (χ1n) is 5.86. The highest BCUT2D eigenvalue weighted by atomic mass is 32.1. The first-order chi connectivity index (χ1) is 9.42. The molecule has 1 saturated heterocycles. The van der Waals surface area contributed by atoms with Crippen LogP contribution in [-0.2, 0) is 4.74 Å². The van der Waals surface area contributed by atoms with E-state index in [1.54, 1.807) is 0 Å². The number of nitrogen functional groups attached to an aromatic ring is 1. The third-order valence-electron chi connectivity index (χ3n) is 3.24. The van der Waals surface area contributed by atoms with Crippen LogP contribution >= 0.6 is 12.6 Å². The summed E-state index contributed by atoms with van der Waals surface area (Å²) in [6, 6.07) is 0. The molecule has 0 aromatic carbocycles. The average Bonchev–Trinajstić information content (AvgIpc) is 2.89. The van der Waals surface area contributed by atoms with Crippen LogP contribution in [0.25, 0.3) is 11.2 Å². The van der Waals surface area contributed by atoms with Crippen LogP contribution in [0.3, 0.4) is 0 Å². The van der Waals surface area contributed by atoms with Gasteiger partial charge in [0.2, 0.25) is 5.95 Å². The number of aromatic amines is 1. The van der Waals surface area contributed by atoms with Crippen molar-refractivity contribution in [3.8, 4) is 0 Å². The number of nitrogens with zero attached hydrogens (tertiary/aromatic N) is 3. The van der Waals surface area contributed by atoms with Gasteiger partial charge in [0.05, 0.1) is 12.9 Å². The summed E-state index contributed by atoms with van der Waals surface area (Å²) >= 11 is 4.07. The SMILES string of the molecule is Nc1nc2c(ncn2[C@H]2C[C@@](O)(S)[C@@H](CO)O2)c(=O)[nH]1. The van der Waals surface area contributed by atoms with Crippen LogP contribution in [0.15, 0.2) is 11.1 Å². The van der Waals surface area contributed by atoms with Crippen LogP contribution in [0.4, 0.5) is 5.95 Å². The zero-order valence-electron chi connectivity index (χ0n) is 10.2. The Morgan fingerprint density at radius 3 is 3.10 bits per heavy atom. The smallest absolute Gasteiger partial charge is 0.280 e. The van der Waals surface area contributed by atoms with E-state index in [4.69, 9.17) is 15.6 Å². The van der Waals surface area contributed by atoms with Crippen LogP contribution in [0.1, 0.15) is 12.6 Å². The van der Waals surface area contributed by atoms with E-state index in [2.05, 4.69) is 27.6 Å². The third kappa shape index (κ3) is 1.97. The highest BCUT2D eigenvalue weighted by molar-refractivity contribution is 7.81. The molecule has 5 N–H and O–H groups in total. The number of fused-ring (bicyclic) bond motifs is 1. The molecule has 0 spiro atoms. The minimum Gasteiger partial charge on any atom is -0.394 e. The van der Waals surface area contributed by atoms with E-state index >= 15 is 0 Å². The van der Waals surface area contributed by atoms with Crippen molar-refractivity contribution in [1.29, 1.82) is 0 Å². The van der Waals surface area contributed by atoms with Gasteiger partial charge in [0.1, 0.15) is 17.3 Å². The Hall–Kier alpha value is -1.62. The van der Waals surface area contributed by atoms with Crippen molar-refractivity contribution in [3.05, 3.63) is 16.7 Å². The molecule has 0 unspecified atom stereocenters. The van der Waals surface area contributed by atoms with Gasteiger partial charge >= 0.3 is 0 Å². The van der Waals surface area contributed by atoms with Gasteiger partial charge in [-0.2, -0.15) is 4.98 Å². The molecule has 0 saturated carbocycles. The summed E-state index contributed by atoms with van der Waals surface area (Å²) in [7, 11) is 0. The fourth-order valence-electron chi connectivity index (χ4n) is 2.24. The fraction of sp³-hybridized carbons (Fsp3) is 0.500. The van der Waals surface area contributed by atoms with Crippen LogP contribution in [0, 0.1) is 0 Å². The van der Waals surface area contributed by atoms with Gasteiger partial charge in [0.15, 0.2) is 11.2 Å². The molecule has 1 aliphatic rings. The number of aliphatic hydroxyl groups is 2. The summed E-state index contributed by atoms with van der Waals surface area (Å²) in [5, 5.41) is 19.2. The van der Waals surface area contributed by atoms with Gasteiger partial charge in [0.25, 0.3) is 5.56 Å². The van der Waals surface area contributed by atoms with Crippen molar-refractivity contribution < 1.29 is 14.9 Å². The highest BCUT2D eigenvalue weighted by Gasteiger charge is 2.45. The van der Waals surface area contributed by atoms with E-state index in [0.717, 1.165) is 0 Å². The largest absolute Gasteiger partial charge is 0.394 e. The van der Waals surface area contributed by atoms with Crippen LogP contribution in [-0.4, -0.2) is 47.4 Å². The van der Waals surface area contributed by atoms with E-state index in [9.17, 15) is 9.90 Å². The van der Waals surface area contributed by atoms with Crippen molar-refractivity contribution in [2.45, 2.75) is 23.7 Å². The maximum absolute atomic E-state index is 11.7. The number of H-pyrrole nitrogens is 1. The molecule has 9 nitrogen and oxygen atoms in total. The van der Waals surface area contributed by atoms with E-state index < -0.39 is 22.8 Å². The molecule has 1 aliphatic heterocycles. The van der Waals surface area contributed by atoms with Gasteiger partial charge in [-0.1, -0.05) is 0 Å². The van der Waals surface area contributed by atoms with E-state index in [-0.39, 0.29) is 30.1 Å². The third-order valence-corrected chi connectivity index (χ3v) is 3.71. The predicted molar refractivity (Wildman–Crippen MR) is 72.1 cm³/mol. The minimum atomic E-state index is -1.47. The number of aromatic nitrogens is 4. The normalized spacial score (nSPS) is 30.1. The van der Waals surface area contributed by atoms with Crippen molar-refractivity contribution in [3.63, 3.8) is 0 Å². The van der Waals surface area contributed by atoms with E-state index in [0.29, 0.717) is 0 Å². The Kier molecular flexibility index (Phi) is 2.97. The summed E-state index contributed by atoms with van der Waals surface area (Å²) < 4.78 is 7.00. The van der Waals surface area contributed by atoms with Crippen molar-refractivity contribution in [2.24, 2.45) is 0 Å². The second kappa shape index (κ2) is 4.45. The second-order valence-corrected chi connectivity index (χ2v) is 5.39. The molecule has 1 fully saturated rings. The zero-order valence-corrected chi connectivity index (χ0v) is 11.1. The summed E-state index contributed by atoms with van der Waals surface area (Å²) in [5.41, 5.74) is 5.42. The quantitative estimate of drug-likeness (QED) is 0.339. The molecule has 0 amide bonds. The molecule has 3 atom stereocenters. The number of thiol groups is 1. The molecule has 3 rings (SSSR count). The van der Waals surface area contributed by atoms with Gasteiger partial charge in [-0.3, -0.25) is 14.3 Å². The number of aliphatic hydroxyl groups excluding tert-OH is 1. The van der Waals surface area contributed by atoms with Crippen molar-refractivity contribution in [2.75, 3.05) is 12.3 Å². The van der Waals surface area contributed by atoms with Gasteiger partial charge in [-0.15, -0.1) is 12.6 Å². The lowest BCUT2D eigenvalue weighted by molar-refractivity contribution is -0.0507. The molecule has 2 aromatic heterocycles. The lowest BCUT2D eigenvalue weighted by Gasteiger charge is -2.19. The molecule has 20 heavy (non-hydrogen) atoms. The fourth-order valence-corrected chi connectivity index (χ4v) is 2.54. The van der Waals surface area contributed by atoms with Crippen LogP contribution < -0.4 is 11.3 Å². The Labute approximate surface area is 117 Å². The summed E-state index contributed by atoms with van der Waals surface area (Å²) in [6.45, 7) is -0.376. The monoisotopic (exact) mass is 299 g/mol. The van der Waals surface area contributed by atoms with Gasteiger partial charge in [-0.05, 0) is 0 Å². The summed E-state index contributed by atoms with van der Waals surface area (Å²) in [6.07, 6.45) is 0.00270. The van der Waals surface area contributed by atoms with E-state index in [1.165, 1.54) is 10.9 Å². The standard InChI is InChI=1S/C10H13N5O4S/c11-9-13-7-6(8(17)14-9)12-3-15(7)5-1-10(18,20)4(2-16)19-5/h3-5,16,18,20H,1-2H2,(H3,11,13,14,17)/t4-,5-,10-/m1/s1. The van der Waals surface area contributed by atoms with Gasteiger partial charge in [0, 0.05) is 6.42 Å². The number of anilines is 1. The summed E-state index contributed by atoms with van der Waals surface area (Å²) in [4.78, 5) is 20.5. The highest BCUT2D eigenvalue weighted by Crippen LogP contribution is 2.39. The second-order valence-electron chi connectivity index (χ2n) is 4.62. The van der Waals surface area contributed by atoms with Gasteiger partial charge < -0.3 is 20.7 Å². The number of ether oxygens (including phenoxy) is 1. The number of nitrogens with one attached hydrogen (secondary N) is 1. The number of rotatable bonds is 2. The zero-order chi connectivity index (χ0) is 14.5. The average molecular weight is 299 g/mol. The molecular weight excluding hydrogens is 286 g/mol. The molecule has 0 radical (unpaired) electrons. The van der Waals surface area contributed by atoms with Gasteiger partial charge in [-0.25, -0.2) is 4.98 Å². The Morgan fingerprint density at radius 1 is 1.70 bits per heavy atom. The topological polar surface area (TPSA) is 139 Å². The number of hydrogen-bond donors (Lipinski definition) is 5. The molecule has 2 aromatic rings. The Balaban J connectivity index is 2.06. The minimum absolute atomic E-state index is 0.0397. The Morgan fingerprint density at radius 2 is 2.45 bits per heavy atom. The Bertz CT molecular complexity index is 711. The lowest BCUT2D eigenvalue weighted by atomic mass is 10.2. The van der Waals surface area contributed by atoms with E-state index in [1.807, 2.05) is 0 Å². The number of hydrogen-bond acceptors (Lipinski definition) is 8. The molecule has 0 aliphatic carbocycles. The first kappa shape index (κ1) is 13.4. The molecule has 3 heterocycles. The molecular formula is C10H13N5O4S. The molecule has 10 heteroatoms. The van der Waals surface area contributed by atoms with Crippen molar-refractivity contribution in [1.82, 2.24) is 19.5 Å². The van der Waals surface area contributed by atoms with Crippen LogP contribution in [0.5, 0.6) is 0 Å². The van der Waals surface area contributed by atoms with Crippen molar-refractivity contribution >= 4 is 29.7 Å². The molecule has 0 bridgehead atoms.